The second kappa shape index (κ2) is 16.7. The number of aromatic nitrogens is 1. The topological polar surface area (TPSA) is 63.3 Å². The third-order valence-corrected chi connectivity index (χ3v) is 9.88. The van der Waals surface area contributed by atoms with E-state index < -0.39 is 5.89 Å². The van der Waals surface area contributed by atoms with E-state index in [2.05, 4.69) is 42.5 Å². The fourth-order valence-electron chi connectivity index (χ4n) is 6.89. The minimum Gasteiger partial charge on any atom is -0.512 e. The number of allylic oxidation sites excluding steroid dienone is 2. The van der Waals surface area contributed by atoms with E-state index in [0.717, 1.165) is 69.8 Å². The standard InChI is InChI=1S/C29H26NO.C13H24O2.Ir/c1-18(2)22-16-25-24-9-5-6-10-27(24)31-29(25)26(17-22)28-23-12-11-20(19-7-3-4-8-19)15-21(23)13-14-30-28;1-5-10(6-2)12(14)9-13(15)11(7-3)8-4;/h5-6,9-16,18-19H,3-4,7-8H2,1-2H3;9-11,14H,5-8H2,1-4H3;/q-1;;/b;12-9-;/i18D;;. The number of hydrogen-bond acceptors (Lipinski definition) is 4. The van der Waals surface area contributed by atoms with Gasteiger partial charge in [-0.2, -0.15) is 0 Å². The van der Waals surface area contributed by atoms with Crippen LogP contribution in [-0.4, -0.2) is 15.9 Å². The molecule has 251 valence electrons. The number of pyridine rings is 1. The zero-order valence-corrected chi connectivity index (χ0v) is 31.2. The summed E-state index contributed by atoms with van der Waals surface area (Å²) in [5.74, 6) is 0.449. The fraction of sp³-hybridized carbons (Fsp3) is 0.429. The summed E-state index contributed by atoms with van der Waals surface area (Å²) in [6, 6.07) is 22.6. The summed E-state index contributed by atoms with van der Waals surface area (Å²) in [5.41, 5.74) is 5.63. The number of para-hydroxylation sites is 1. The SMILES string of the molecule is CCC(CC)C(=O)/C=C(\O)C(CC)CC.[2H]C(C)(C)c1[c-]c(-c2nccc3cc(C4CCCC4)ccc23)c2oc3ccccc3c2c1.[Ir]. The summed E-state index contributed by atoms with van der Waals surface area (Å²) >= 11 is 0. The van der Waals surface area contributed by atoms with Crippen molar-refractivity contribution in [1.29, 1.82) is 0 Å². The molecule has 6 rings (SSSR count). The van der Waals surface area contributed by atoms with Crippen LogP contribution in [0.2, 0.25) is 0 Å². The third kappa shape index (κ3) is 8.07. The van der Waals surface area contributed by atoms with Crippen LogP contribution in [0.1, 0.15) is 117 Å². The molecule has 0 amide bonds. The average molecular weight is 810 g/mol. The summed E-state index contributed by atoms with van der Waals surface area (Å²) in [7, 11) is 0. The van der Waals surface area contributed by atoms with Crippen LogP contribution in [-0.2, 0) is 24.9 Å². The number of ketones is 1. The number of furan rings is 1. The maximum Gasteiger partial charge on any atom is 0.162 e. The van der Waals surface area contributed by atoms with Crippen molar-refractivity contribution < 1.29 is 35.8 Å². The number of hydrogen-bond donors (Lipinski definition) is 1. The third-order valence-electron chi connectivity index (χ3n) is 9.88. The number of rotatable bonds is 10. The molecular formula is C42H50IrNO3-. The Morgan fingerprint density at radius 1 is 0.957 bits per heavy atom. The first-order chi connectivity index (χ1) is 22.6. The van der Waals surface area contributed by atoms with Gasteiger partial charge in [0.15, 0.2) is 5.78 Å². The molecule has 0 unspecified atom stereocenters. The number of nitrogens with zero attached hydrogens (tertiary/aromatic N) is 1. The van der Waals surface area contributed by atoms with Gasteiger partial charge in [-0.25, -0.2) is 0 Å². The minimum absolute atomic E-state index is 0. The molecule has 1 saturated carbocycles. The Morgan fingerprint density at radius 2 is 1.64 bits per heavy atom. The minimum atomic E-state index is -0.776. The molecule has 0 atom stereocenters. The molecule has 0 bridgehead atoms. The van der Waals surface area contributed by atoms with E-state index in [1.807, 2.05) is 65.9 Å². The summed E-state index contributed by atoms with van der Waals surface area (Å²) in [5, 5.41) is 14.1. The molecule has 5 heteroatoms. The van der Waals surface area contributed by atoms with E-state index in [0.29, 0.717) is 5.92 Å². The van der Waals surface area contributed by atoms with Crippen molar-refractivity contribution in [2.24, 2.45) is 11.8 Å². The summed E-state index contributed by atoms with van der Waals surface area (Å²) in [6.45, 7) is 11.9. The van der Waals surface area contributed by atoms with Gasteiger partial charge in [0.2, 0.25) is 0 Å². The zero-order chi connectivity index (χ0) is 33.7. The Hall–Kier alpha value is -3.27. The summed E-state index contributed by atoms with van der Waals surface area (Å²) in [4.78, 5) is 16.5. The average Bonchev–Trinajstić information content (AvgIpc) is 3.74. The molecule has 1 aliphatic rings. The van der Waals surface area contributed by atoms with E-state index in [9.17, 15) is 9.90 Å². The Balaban J connectivity index is 0.000000279. The van der Waals surface area contributed by atoms with Crippen molar-refractivity contribution in [3.63, 3.8) is 0 Å². The van der Waals surface area contributed by atoms with Crippen LogP contribution in [0.3, 0.4) is 0 Å². The Bertz CT molecular complexity index is 1870. The van der Waals surface area contributed by atoms with Crippen LogP contribution in [0.25, 0.3) is 44.0 Å². The van der Waals surface area contributed by atoms with E-state index in [4.69, 9.17) is 10.8 Å². The van der Waals surface area contributed by atoms with Gasteiger partial charge < -0.3 is 14.5 Å². The molecule has 47 heavy (non-hydrogen) atoms. The molecule has 1 fully saturated rings. The summed E-state index contributed by atoms with van der Waals surface area (Å²) in [6.07, 6.45) is 12.0. The van der Waals surface area contributed by atoms with Crippen LogP contribution in [0.5, 0.6) is 0 Å². The molecule has 2 aromatic heterocycles. The van der Waals surface area contributed by atoms with Crippen molar-refractivity contribution in [1.82, 2.24) is 4.98 Å². The predicted octanol–water partition coefficient (Wildman–Crippen LogP) is 12.2. The van der Waals surface area contributed by atoms with Crippen molar-refractivity contribution in [3.8, 4) is 11.3 Å². The van der Waals surface area contributed by atoms with Gasteiger partial charge in [-0.05, 0) is 84.5 Å². The summed E-state index contributed by atoms with van der Waals surface area (Å²) < 4.78 is 15.0. The predicted molar refractivity (Wildman–Crippen MR) is 192 cm³/mol. The van der Waals surface area contributed by atoms with E-state index in [1.165, 1.54) is 42.7 Å². The molecule has 1 N–H and O–H groups in total. The molecule has 5 aromatic rings. The van der Waals surface area contributed by atoms with Crippen LogP contribution in [0, 0.1) is 17.9 Å². The first-order valence-corrected chi connectivity index (χ1v) is 17.3. The number of carbonyl (C=O) groups excluding carboxylic acids is 1. The molecule has 1 aliphatic carbocycles. The zero-order valence-electron chi connectivity index (χ0n) is 29.8. The normalized spacial score (nSPS) is 14.5. The molecular weight excluding hydrogens is 759 g/mol. The molecule has 2 heterocycles. The van der Waals surface area contributed by atoms with Gasteiger partial charge in [-0.1, -0.05) is 102 Å². The number of aliphatic hydroxyl groups excluding tert-OH is 1. The van der Waals surface area contributed by atoms with Crippen LogP contribution < -0.4 is 0 Å². The van der Waals surface area contributed by atoms with Crippen molar-refractivity contribution in [2.75, 3.05) is 0 Å². The van der Waals surface area contributed by atoms with E-state index in [-0.39, 0.29) is 43.5 Å². The van der Waals surface area contributed by atoms with Crippen LogP contribution in [0.4, 0.5) is 0 Å². The van der Waals surface area contributed by atoms with Gasteiger partial charge in [0, 0.05) is 51.0 Å². The number of aliphatic hydroxyl groups is 1. The fourth-order valence-corrected chi connectivity index (χ4v) is 6.89. The maximum absolute atomic E-state index is 11.7. The maximum atomic E-state index is 11.7. The quantitative estimate of drug-likeness (QED) is 0.0867. The second-order valence-corrected chi connectivity index (χ2v) is 13.0. The molecule has 0 spiro atoms. The van der Waals surface area contributed by atoms with E-state index in [1.54, 1.807) is 0 Å². The van der Waals surface area contributed by atoms with Crippen LogP contribution in [0.15, 0.2) is 77.0 Å². The molecule has 1 radical (unpaired) electrons. The van der Waals surface area contributed by atoms with E-state index >= 15 is 0 Å². The van der Waals surface area contributed by atoms with Gasteiger partial charge in [0.25, 0.3) is 0 Å². The first-order valence-electron chi connectivity index (χ1n) is 17.8. The number of fused-ring (bicyclic) bond motifs is 4. The molecule has 4 nitrogen and oxygen atoms in total. The van der Waals surface area contributed by atoms with Crippen LogP contribution >= 0.6 is 0 Å². The molecule has 3 aromatic carbocycles. The molecule has 0 aliphatic heterocycles. The van der Waals surface area contributed by atoms with Crippen molar-refractivity contribution >= 4 is 38.5 Å². The van der Waals surface area contributed by atoms with Gasteiger partial charge in [-0.3, -0.25) is 4.79 Å². The van der Waals surface area contributed by atoms with Gasteiger partial charge in [0.05, 0.1) is 11.3 Å². The van der Waals surface area contributed by atoms with Gasteiger partial charge in [-0.15, -0.1) is 17.7 Å². The smallest absolute Gasteiger partial charge is 0.162 e. The van der Waals surface area contributed by atoms with Gasteiger partial charge >= 0.3 is 0 Å². The first kappa shape index (κ1) is 35.0. The second-order valence-electron chi connectivity index (χ2n) is 13.0. The Labute approximate surface area is 295 Å². The van der Waals surface area contributed by atoms with Gasteiger partial charge in [0.1, 0.15) is 5.58 Å². The monoisotopic (exact) mass is 810 g/mol. The largest absolute Gasteiger partial charge is 0.512 e. The molecule has 0 saturated heterocycles. The van der Waals surface area contributed by atoms with Crippen molar-refractivity contribution in [3.05, 3.63) is 89.8 Å². The number of carbonyl (C=O) groups is 1. The van der Waals surface area contributed by atoms with Crippen molar-refractivity contribution in [2.45, 2.75) is 105 Å². The Kier molecular flexibility index (Phi) is 12.5. The Morgan fingerprint density at radius 3 is 2.30 bits per heavy atom. The number of benzene rings is 3.